The minimum atomic E-state index is -0.761. The second-order valence-corrected chi connectivity index (χ2v) is 18.3. The summed E-state index contributed by atoms with van der Waals surface area (Å²) < 4.78 is 10.6. The maximum atomic E-state index is 12.2. The molecule has 5 heteroatoms. The summed E-state index contributed by atoms with van der Waals surface area (Å²) in [5, 5.41) is 9.54. The van der Waals surface area contributed by atoms with E-state index in [1.165, 1.54) is 244 Å². The van der Waals surface area contributed by atoms with Crippen LogP contribution in [0.2, 0.25) is 0 Å². The van der Waals surface area contributed by atoms with Crippen LogP contribution in [0.4, 0.5) is 0 Å². The molecular weight excluding hydrogens is 717 g/mol. The maximum Gasteiger partial charge on any atom is 0.306 e. The minimum Gasteiger partial charge on any atom is -0.462 e. The van der Waals surface area contributed by atoms with Crippen LogP contribution in [0, 0.1) is 0 Å². The Hall–Kier alpha value is -1.10. The summed E-state index contributed by atoms with van der Waals surface area (Å²) in [5.74, 6) is -0.580. The highest BCUT2D eigenvalue weighted by atomic mass is 16.6. The van der Waals surface area contributed by atoms with E-state index in [0.717, 1.165) is 38.5 Å². The van der Waals surface area contributed by atoms with Crippen molar-refractivity contribution in [3.8, 4) is 0 Å². The number of hydrogen-bond acceptors (Lipinski definition) is 5. The van der Waals surface area contributed by atoms with Crippen molar-refractivity contribution in [3.05, 3.63) is 0 Å². The Kier molecular flexibility index (Phi) is 49.3. The quantitative estimate of drug-likeness (QED) is 0.0489. The highest BCUT2D eigenvalue weighted by Crippen LogP contribution is 2.18. The van der Waals surface area contributed by atoms with Gasteiger partial charge in [0.05, 0.1) is 6.61 Å². The van der Waals surface area contributed by atoms with E-state index >= 15 is 0 Å². The number of esters is 2. The van der Waals surface area contributed by atoms with Gasteiger partial charge in [0.15, 0.2) is 6.10 Å². The van der Waals surface area contributed by atoms with Crippen LogP contribution in [0.5, 0.6) is 0 Å². The normalized spacial score (nSPS) is 12.0. The summed E-state index contributed by atoms with van der Waals surface area (Å²) in [6.07, 6.45) is 59.8. The second kappa shape index (κ2) is 50.3. The van der Waals surface area contributed by atoms with Gasteiger partial charge in [-0.05, 0) is 12.8 Å². The largest absolute Gasteiger partial charge is 0.462 e. The first-order valence-electron chi connectivity index (χ1n) is 26.6. The Morgan fingerprint density at radius 2 is 0.534 bits per heavy atom. The van der Waals surface area contributed by atoms with E-state index in [-0.39, 0.29) is 25.2 Å². The number of hydrogen-bond donors (Lipinski definition) is 1. The van der Waals surface area contributed by atoms with Gasteiger partial charge >= 0.3 is 11.9 Å². The van der Waals surface area contributed by atoms with Crippen LogP contribution in [0.15, 0.2) is 0 Å². The lowest BCUT2D eigenvalue weighted by Gasteiger charge is -2.15. The molecule has 0 rings (SSSR count). The first-order chi connectivity index (χ1) is 28.6. The third-order valence-corrected chi connectivity index (χ3v) is 12.4. The summed E-state index contributed by atoms with van der Waals surface area (Å²) in [7, 11) is 0. The van der Waals surface area contributed by atoms with Gasteiger partial charge in [-0.3, -0.25) is 9.59 Å². The molecule has 1 N–H and O–H groups in total. The van der Waals surface area contributed by atoms with Crippen LogP contribution in [0.25, 0.3) is 0 Å². The molecule has 346 valence electrons. The number of unbranched alkanes of at least 4 members (excludes halogenated alkanes) is 42. The topological polar surface area (TPSA) is 72.8 Å². The van der Waals surface area contributed by atoms with Gasteiger partial charge in [-0.1, -0.05) is 284 Å². The van der Waals surface area contributed by atoms with Crippen LogP contribution >= 0.6 is 0 Å². The molecule has 0 amide bonds. The number of aliphatic hydroxyl groups is 1. The lowest BCUT2D eigenvalue weighted by Crippen LogP contribution is -2.28. The minimum absolute atomic E-state index is 0.0582. The molecule has 0 aliphatic carbocycles. The molecule has 0 saturated heterocycles. The predicted molar refractivity (Wildman–Crippen MR) is 252 cm³/mol. The van der Waals surface area contributed by atoms with Crippen LogP contribution < -0.4 is 0 Å². The van der Waals surface area contributed by atoms with Crippen molar-refractivity contribution in [1.82, 2.24) is 0 Å². The molecule has 0 heterocycles. The molecular formula is C53H104O5. The van der Waals surface area contributed by atoms with Crippen molar-refractivity contribution in [2.24, 2.45) is 0 Å². The summed E-state index contributed by atoms with van der Waals surface area (Å²) in [5.41, 5.74) is 0. The molecule has 0 aromatic carbocycles. The summed E-state index contributed by atoms with van der Waals surface area (Å²) >= 11 is 0. The number of carbonyl (C=O) groups excluding carboxylic acids is 2. The summed E-state index contributed by atoms with van der Waals surface area (Å²) in [4.78, 5) is 24.2. The summed E-state index contributed by atoms with van der Waals surface area (Å²) in [6.45, 7) is 4.13. The van der Waals surface area contributed by atoms with Gasteiger partial charge in [-0.2, -0.15) is 0 Å². The molecule has 0 bridgehead atoms. The highest BCUT2D eigenvalue weighted by molar-refractivity contribution is 5.70. The first-order valence-corrected chi connectivity index (χ1v) is 26.6. The Balaban J connectivity index is 3.28. The number of rotatable bonds is 50. The van der Waals surface area contributed by atoms with Crippen molar-refractivity contribution in [1.29, 1.82) is 0 Å². The zero-order valence-electron chi connectivity index (χ0n) is 39.6. The Labute approximate surface area is 363 Å². The van der Waals surface area contributed by atoms with E-state index in [0.29, 0.717) is 12.8 Å². The average Bonchev–Trinajstić information content (AvgIpc) is 3.23. The average molecular weight is 821 g/mol. The molecule has 0 aromatic heterocycles. The first kappa shape index (κ1) is 56.9. The fourth-order valence-electron chi connectivity index (χ4n) is 8.38. The fraction of sp³-hybridized carbons (Fsp3) is 0.962. The second-order valence-electron chi connectivity index (χ2n) is 18.3. The zero-order valence-corrected chi connectivity index (χ0v) is 39.6. The smallest absolute Gasteiger partial charge is 0.306 e. The molecule has 58 heavy (non-hydrogen) atoms. The molecule has 0 spiro atoms. The standard InChI is InChI=1S/C53H104O5/c1-3-5-7-9-11-12-13-14-15-16-17-18-19-20-21-22-23-24-25-26-27-28-29-30-31-32-33-34-35-36-37-38-39-40-42-44-46-48-53(56)58-51(49-54)50-57-52(55)47-45-43-41-10-8-6-4-2/h51,54H,3-50H2,1-2H3. The number of carbonyl (C=O) groups is 2. The van der Waals surface area contributed by atoms with Gasteiger partial charge in [0.2, 0.25) is 0 Å². The molecule has 0 aromatic rings. The number of aliphatic hydroxyl groups excluding tert-OH is 1. The van der Waals surface area contributed by atoms with Gasteiger partial charge in [0.25, 0.3) is 0 Å². The van der Waals surface area contributed by atoms with Crippen molar-refractivity contribution in [3.63, 3.8) is 0 Å². The van der Waals surface area contributed by atoms with Gasteiger partial charge in [-0.15, -0.1) is 0 Å². The molecule has 5 nitrogen and oxygen atoms in total. The molecule has 1 unspecified atom stereocenters. The maximum absolute atomic E-state index is 12.2. The van der Waals surface area contributed by atoms with Crippen LogP contribution in [0.1, 0.15) is 309 Å². The lowest BCUT2D eigenvalue weighted by atomic mass is 10.0. The van der Waals surface area contributed by atoms with Crippen molar-refractivity contribution >= 4 is 11.9 Å². The molecule has 0 aliphatic heterocycles. The van der Waals surface area contributed by atoms with E-state index in [2.05, 4.69) is 13.8 Å². The third-order valence-electron chi connectivity index (χ3n) is 12.4. The van der Waals surface area contributed by atoms with E-state index < -0.39 is 6.10 Å². The Morgan fingerprint density at radius 1 is 0.328 bits per heavy atom. The van der Waals surface area contributed by atoms with Crippen molar-refractivity contribution in [2.45, 2.75) is 315 Å². The highest BCUT2D eigenvalue weighted by Gasteiger charge is 2.16. The van der Waals surface area contributed by atoms with E-state index in [4.69, 9.17) is 9.47 Å². The van der Waals surface area contributed by atoms with E-state index in [9.17, 15) is 14.7 Å². The Bertz CT molecular complexity index is 799. The van der Waals surface area contributed by atoms with Gasteiger partial charge in [-0.25, -0.2) is 0 Å². The third kappa shape index (κ3) is 47.6. The van der Waals surface area contributed by atoms with Gasteiger partial charge < -0.3 is 14.6 Å². The molecule has 0 aliphatic rings. The van der Waals surface area contributed by atoms with Gasteiger partial charge in [0, 0.05) is 12.8 Å². The molecule has 0 fully saturated rings. The van der Waals surface area contributed by atoms with Crippen molar-refractivity contribution < 1.29 is 24.2 Å². The molecule has 0 saturated carbocycles. The van der Waals surface area contributed by atoms with Crippen LogP contribution in [-0.4, -0.2) is 36.4 Å². The number of ether oxygens (including phenoxy) is 2. The molecule has 1 atom stereocenters. The molecule has 0 radical (unpaired) electrons. The van der Waals surface area contributed by atoms with Crippen LogP contribution in [0.3, 0.4) is 0 Å². The van der Waals surface area contributed by atoms with Gasteiger partial charge in [0.1, 0.15) is 6.61 Å². The lowest BCUT2D eigenvalue weighted by molar-refractivity contribution is -0.161. The summed E-state index contributed by atoms with van der Waals surface area (Å²) in [6, 6.07) is 0. The monoisotopic (exact) mass is 821 g/mol. The van der Waals surface area contributed by atoms with E-state index in [1.54, 1.807) is 0 Å². The van der Waals surface area contributed by atoms with E-state index in [1.807, 2.05) is 0 Å². The SMILES string of the molecule is CCCCCCCCCCCCCCCCCCCCCCCCCCCCCCCCCCCCCCCC(=O)OC(CO)COC(=O)CCCCCCCCC. The van der Waals surface area contributed by atoms with Crippen molar-refractivity contribution in [2.75, 3.05) is 13.2 Å². The fourth-order valence-corrected chi connectivity index (χ4v) is 8.38. The zero-order chi connectivity index (χ0) is 42.1. The van der Waals surface area contributed by atoms with Crippen LogP contribution in [-0.2, 0) is 19.1 Å². The Morgan fingerprint density at radius 3 is 0.759 bits per heavy atom. The predicted octanol–water partition coefficient (Wildman–Crippen LogP) is 17.4.